The van der Waals surface area contributed by atoms with Gasteiger partial charge in [0.1, 0.15) is 11.6 Å². The lowest BCUT2D eigenvalue weighted by Gasteiger charge is -2.24. The summed E-state index contributed by atoms with van der Waals surface area (Å²) in [7, 11) is 6.91. The highest BCUT2D eigenvalue weighted by molar-refractivity contribution is 9.10. The van der Waals surface area contributed by atoms with Crippen LogP contribution in [0.1, 0.15) is 64.3 Å². The summed E-state index contributed by atoms with van der Waals surface area (Å²) in [4.78, 5) is 0. The lowest BCUT2D eigenvalue weighted by atomic mass is 10.1. The van der Waals surface area contributed by atoms with E-state index in [-0.39, 0.29) is 45.2 Å². The lowest BCUT2D eigenvalue weighted by Crippen LogP contribution is -2.27. The molecule has 0 radical (unpaired) electrons. The Hall–Kier alpha value is -0.490. The van der Waals surface area contributed by atoms with E-state index in [9.17, 15) is 8.78 Å². The minimum absolute atomic E-state index is 0. The van der Waals surface area contributed by atoms with Gasteiger partial charge in [-0.2, -0.15) is 0 Å². The number of rotatable bonds is 11. The molecule has 0 heterocycles. The van der Waals surface area contributed by atoms with Crippen molar-refractivity contribution in [2.45, 2.75) is 80.0 Å². The Labute approximate surface area is 283 Å². The third kappa shape index (κ3) is 21.0. The van der Waals surface area contributed by atoms with Gasteiger partial charge < -0.3 is 33.9 Å². The van der Waals surface area contributed by atoms with Crippen LogP contribution >= 0.6 is 47.8 Å². The van der Waals surface area contributed by atoms with Gasteiger partial charge in [0.05, 0.1) is 48.2 Å². The van der Waals surface area contributed by atoms with Crippen LogP contribution in [0.25, 0.3) is 0 Å². The minimum atomic E-state index is -0.870. The van der Waals surface area contributed by atoms with E-state index in [1.54, 1.807) is 62.0 Å². The number of benzene rings is 2. The monoisotopic (exact) mass is 799 g/mol. The summed E-state index contributed by atoms with van der Waals surface area (Å²) < 4.78 is 60.9. The third-order valence-corrected chi connectivity index (χ3v) is 6.73. The molecule has 0 saturated carbocycles. The van der Waals surface area contributed by atoms with Crippen molar-refractivity contribution in [1.82, 2.24) is 0 Å². The van der Waals surface area contributed by atoms with Gasteiger partial charge in [-0.3, -0.25) is 0 Å². The Morgan fingerprint density at radius 2 is 1.21 bits per heavy atom. The maximum atomic E-state index is 14.2. The van der Waals surface area contributed by atoms with Crippen LogP contribution in [0.3, 0.4) is 0 Å². The molecule has 2 aromatic rings. The van der Waals surface area contributed by atoms with E-state index >= 15 is 0 Å². The quantitative estimate of drug-likeness (QED) is 0.133. The van der Waals surface area contributed by atoms with Crippen molar-refractivity contribution in [3.8, 4) is 0 Å². The molecule has 43 heavy (non-hydrogen) atoms. The second-order valence-electron chi connectivity index (χ2n) is 9.18. The maximum absolute atomic E-state index is 14.2. The van der Waals surface area contributed by atoms with Crippen LogP contribution < -0.4 is 0 Å². The number of allylic oxidation sites excluding steroid dienone is 1. The topological polar surface area (TPSA) is 86.6 Å². The molecule has 2 aromatic carbocycles. The molecule has 14 heteroatoms. The molecule has 0 amide bonds. The standard InChI is InChI=1S/C16H24BrFO4.C8H8BrFO2.C4H8O.CH4.H2P2S/c1-15(2,19-5)21-9-11-8-14(18)12(7-13(11)17)10-22-16(3,4)20-6;9-7-1-6(4-12)8(10)2-5(7)3-11;1-4(2)5-3;;1-2-3/h7-8H,9-10H2,1-6H3;1-2,11-12H,3-4H2;1H2,2-3H3;1H4;1H2/p+1/i/hT. The van der Waals surface area contributed by atoms with Gasteiger partial charge in [0.25, 0.3) is 0 Å². The molecule has 248 valence electrons. The van der Waals surface area contributed by atoms with Crippen molar-refractivity contribution in [2.75, 3.05) is 21.3 Å². The average molecular weight is 802 g/mol. The van der Waals surface area contributed by atoms with E-state index < -0.39 is 24.4 Å². The summed E-state index contributed by atoms with van der Waals surface area (Å²) >= 11 is 10.9. The fourth-order valence-electron chi connectivity index (χ4n) is 2.34. The number of aliphatic hydroxyl groups excluding tert-OH is 2. The normalized spacial score (nSPS) is 11.2. The van der Waals surface area contributed by atoms with Gasteiger partial charge in [0.15, 0.2) is 30.4 Å². The summed E-state index contributed by atoms with van der Waals surface area (Å²) in [5, 5.41) is 17.4. The van der Waals surface area contributed by atoms with E-state index in [4.69, 9.17) is 30.4 Å². The molecule has 0 aliphatic rings. The van der Waals surface area contributed by atoms with E-state index in [0.717, 1.165) is 10.2 Å². The van der Waals surface area contributed by atoms with Crippen LogP contribution in [0.2, 0.25) is 0 Å². The minimum Gasteiger partial charge on any atom is -0.502 e. The SMILES string of the molecule is C.C=C(C)OC.COC(C)(C)OCc1cc(Br)c(COC(C)(C)OC)cc1F.OCc1cc(Br)c(CO)cc1F.[3H][P+](P)=S. The van der Waals surface area contributed by atoms with E-state index in [2.05, 4.69) is 63.9 Å². The van der Waals surface area contributed by atoms with Crippen LogP contribution in [-0.2, 0) is 61.9 Å². The number of hydrogen-bond acceptors (Lipinski definition) is 8. The van der Waals surface area contributed by atoms with E-state index in [1.165, 1.54) is 18.2 Å². The zero-order valence-electron chi connectivity index (χ0n) is 26.2. The first kappa shape index (κ1) is 44.6. The number of methoxy groups -OCH3 is 3. The summed E-state index contributed by atoms with van der Waals surface area (Å²) in [5.74, 6) is -1.57. The predicted octanol–water partition coefficient (Wildman–Crippen LogP) is 8.68. The van der Waals surface area contributed by atoms with Gasteiger partial charge in [-0.25, -0.2) is 8.78 Å². The van der Waals surface area contributed by atoms with Crippen LogP contribution in [0, 0.1) is 11.6 Å². The molecule has 2 N–H and O–H groups in total. The molecular weight excluding hydrogens is 752 g/mol. The Morgan fingerprint density at radius 3 is 1.58 bits per heavy atom. The molecule has 0 aliphatic carbocycles. The van der Waals surface area contributed by atoms with Crippen molar-refractivity contribution in [3.63, 3.8) is 0 Å². The molecule has 0 bridgehead atoms. The van der Waals surface area contributed by atoms with E-state index in [1.807, 2.05) is 0 Å². The molecule has 0 saturated heterocycles. The third-order valence-electron chi connectivity index (χ3n) is 5.25. The van der Waals surface area contributed by atoms with Gasteiger partial charge in [-0.15, -0.1) is 0 Å². The highest BCUT2D eigenvalue weighted by atomic mass is 79.9. The first-order valence-corrected chi connectivity index (χ1v) is 17.3. The average Bonchev–Trinajstić information content (AvgIpc) is 2.93. The van der Waals surface area contributed by atoms with Crippen LogP contribution in [0.4, 0.5) is 8.78 Å². The molecule has 2 rings (SSSR count). The van der Waals surface area contributed by atoms with Gasteiger partial charge >= 0.3 is 1.28 Å². The second kappa shape index (κ2) is 24.7. The van der Waals surface area contributed by atoms with E-state index in [0.29, 0.717) is 21.2 Å². The highest BCUT2D eigenvalue weighted by Crippen LogP contribution is 2.26. The lowest BCUT2D eigenvalue weighted by molar-refractivity contribution is -0.205. The van der Waals surface area contributed by atoms with Crippen molar-refractivity contribution in [3.05, 3.63) is 79.4 Å². The Morgan fingerprint density at radius 1 is 0.884 bits per heavy atom. The second-order valence-corrected chi connectivity index (χ2v) is 13.6. The molecule has 0 spiro atoms. The first-order valence-electron chi connectivity index (χ1n) is 12.7. The number of hydrogen-bond donors (Lipinski definition) is 2. The number of ether oxygens (including phenoxy) is 5. The summed E-state index contributed by atoms with van der Waals surface area (Å²) in [5.41, 5.74) is 1.85. The maximum Gasteiger partial charge on any atom is 0.355 e. The van der Waals surface area contributed by atoms with Crippen LogP contribution in [-0.4, -0.2) is 44.4 Å². The predicted molar refractivity (Wildman–Crippen MR) is 186 cm³/mol. The molecule has 0 fully saturated rings. The zero-order valence-corrected chi connectivity index (χ0v) is 31.3. The smallest absolute Gasteiger partial charge is 0.355 e. The van der Waals surface area contributed by atoms with Gasteiger partial charge in [0, 0.05) is 34.3 Å². The van der Waals surface area contributed by atoms with Crippen LogP contribution in [0.15, 0.2) is 45.5 Å². The molecule has 2 unspecified atom stereocenters. The van der Waals surface area contributed by atoms with Crippen molar-refractivity contribution in [1.29, 1.82) is 1.28 Å². The first-order chi connectivity index (χ1) is 19.8. The van der Waals surface area contributed by atoms with Gasteiger partial charge in [0.2, 0.25) is 0 Å². The summed E-state index contributed by atoms with van der Waals surface area (Å²) in [6, 6.07) is 5.80. The summed E-state index contributed by atoms with van der Waals surface area (Å²) in [6.45, 7) is 11.3. The largest absolute Gasteiger partial charge is 0.502 e. The molecule has 2 atom stereocenters. The summed E-state index contributed by atoms with van der Waals surface area (Å²) in [6.07, 6.45) is 0. The van der Waals surface area contributed by atoms with Crippen molar-refractivity contribution < 1.29 is 42.7 Å². The highest BCUT2D eigenvalue weighted by Gasteiger charge is 2.20. The number of aliphatic hydroxyl groups is 2. The molecular formula is C29H47Br2F2O7P2S+. The number of halogens is 4. The fraction of sp³-hybridized carbons (Fsp3) is 0.517. The fourth-order valence-corrected chi connectivity index (χ4v) is 3.36. The van der Waals surface area contributed by atoms with Gasteiger partial charge in [-0.1, -0.05) is 45.9 Å². The van der Waals surface area contributed by atoms with Crippen molar-refractivity contribution >= 4 is 59.6 Å². The Bertz CT molecular complexity index is 1080. The zero-order chi connectivity index (χ0) is 34.0. The van der Waals surface area contributed by atoms with Gasteiger partial charge in [-0.05, 0) is 70.0 Å². The van der Waals surface area contributed by atoms with Crippen LogP contribution in [0.5, 0.6) is 0 Å². The Kier molecular flexibility index (Phi) is 25.6. The molecule has 7 nitrogen and oxygen atoms in total. The van der Waals surface area contributed by atoms with Crippen molar-refractivity contribution in [2.24, 2.45) is 0 Å². The molecule has 0 aliphatic heterocycles. The Balaban J connectivity index is -0.000000637. The molecule has 0 aromatic heterocycles.